The molecule has 3 rings (SSSR count). The molecule has 164 valence electrons. The van der Waals surface area contributed by atoms with Gasteiger partial charge >= 0.3 is 6.01 Å². The number of likely N-dealkylation sites (N-methyl/N-ethyl adjacent to an activating group) is 1. The van der Waals surface area contributed by atoms with Crippen molar-refractivity contribution in [1.29, 1.82) is 0 Å². The minimum atomic E-state index is -4.03. The fraction of sp³-hybridized carbons (Fsp3) is 0.474. The monoisotopic (exact) mass is 456 g/mol. The van der Waals surface area contributed by atoms with Gasteiger partial charge < -0.3 is 19.1 Å². The summed E-state index contributed by atoms with van der Waals surface area (Å²) in [5.41, 5.74) is 0.303. The Bertz CT molecular complexity index is 989. The summed E-state index contributed by atoms with van der Waals surface area (Å²) in [5, 5.41) is 0.409. The van der Waals surface area contributed by atoms with E-state index in [-0.39, 0.29) is 29.5 Å². The van der Waals surface area contributed by atoms with Crippen LogP contribution in [-0.4, -0.2) is 62.7 Å². The first-order valence-electron chi connectivity index (χ1n) is 9.62. The number of sulfonamides is 1. The zero-order chi connectivity index (χ0) is 21.7. The average molecular weight is 457 g/mol. The zero-order valence-corrected chi connectivity index (χ0v) is 18.7. The predicted octanol–water partition coefficient (Wildman–Crippen LogP) is 2.81. The number of hydrogen-bond acceptors (Lipinski definition) is 8. The number of nitrogens with one attached hydrogen (secondary N) is 1. The van der Waals surface area contributed by atoms with Gasteiger partial charge in [-0.05, 0) is 39.4 Å². The first-order valence-corrected chi connectivity index (χ1v) is 11.5. The van der Waals surface area contributed by atoms with Gasteiger partial charge in [0.25, 0.3) is 10.0 Å². The second kappa shape index (κ2) is 9.67. The van der Waals surface area contributed by atoms with Crippen molar-refractivity contribution in [3.05, 3.63) is 29.4 Å². The number of anilines is 1. The molecule has 1 saturated heterocycles. The van der Waals surface area contributed by atoms with Gasteiger partial charge in [0.15, 0.2) is 4.90 Å². The van der Waals surface area contributed by atoms with Crippen molar-refractivity contribution in [3.63, 3.8) is 0 Å². The van der Waals surface area contributed by atoms with Crippen LogP contribution in [0.4, 0.5) is 5.69 Å². The van der Waals surface area contributed by atoms with Crippen molar-refractivity contribution in [2.75, 3.05) is 38.1 Å². The fourth-order valence-corrected chi connectivity index (χ4v) is 4.24. The molecule has 0 aliphatic carbocycles. The largest absolute Gasteiger partial charge is 0.487 e. The van der Waals surface area contributed by atoms with E-state index in [1.54, 1.807) is 32.0 Å². The smallest absolute Gasteiger partial charge is 0.319 e. The van der Waals surface area contributed by atoms with Gasteiger partial charge in [0, 0.05) is 19.2 Å². The Labute approximate surface area is 181 Å². The molecule has 1 aliphatic heterocycles. The number of nitrogens with zero attached hydrogens (tertiary/aromatic N) is 3. The van der Waals surface area contributed by atoms with E-state index in [0.29, 0.717) is 23.1 Å². The maximum absolute atomic E-state index is 13.0. The number of ether oxygens (including phenoxy) is 3. The van der Waals surface area contributed by atoms with E-state index < -0.39 is 10.0 Å². The summed E-state index contributed by atoms with van der Waals surface area (Å²) < 4.78 is 45.0. The highest BCUT2D eigenvalue weighted by atomic mass is 35.5. The molecule has 9 nitrogen and oxygen atoms in total. The maximum atomic E-state index is 13.0. The highest BCUT2D eigenvalue weighted by Crippen LogP contribution is 2.32. The van der Waals surface area contributed by atoms with E-state index in [1.807, 2.05) is 7.05 Å². The molecule has 0 saturated carbocycles. The van der Waals surface area contributed by atoms with Crippen LogP contribution < -0.4 is 18.9 Å². The Balaban J connectivity index is 1.83. The number of likely N-dealkylation sites (tertiary alicyclic amines) is 1. The van der Waals surface area contributed by atoms with Crippen LogP contribution in [0, 0.1) is 0 Å². The Kier molecular flexibility index (Phi) is 7.22. The van der Waals surface area contributed by atoms with Crippen LogP contribution in [-0.2, 0) is 10.0 Å². The molecule has 0 radical (unpaired) electrons. The minimum absolute atomic E-state index is 0.00317. The molecule has 2 heterocycles. The lowest BCUT2D eigenvalue weighted by molar-refractivity contribution is 0.208. The van der Waals surface area contributed by atoms with Crippen LogP contribution in [0.2, 0.25) is 5.02 Å². The molecule has 1 aromatic carbocycles. The molecule has 1 fully saturated rings. The summed E-state index contributed by atoms with van der Waals surface area (Å²) in [5.74, 6) is 0.341. The van der Waals surface area contributed by atoms with Crippen LogP contribution in [0.15, 0.2) is 29.3 Å². The average Bonchev–Trinajstić information content (AvgIpc) is 3.09. The fourth-order valence-electron chi connectivity index (χ4n) is 3.00. The van der Waals surface area contributed by atoms with Gasteiger partial charge in [-0.25, -0.2) is 13.4 Å². The molecular weight excluding hydrogens is 432 g/mol. The molecule has 1 aromatic heterocycles. The van der Waals surface area contributed by atoms with E-state index in [9.17, 15) is 8.42 Å². The van der Waals surface area contributed by atoms with Gasteiger partial charge in [-0.2, -0.15) is 4.98 Å². The van der Waals surface area contributed by atoms with Crippen LogP contribution in [0.5, 0.6) is 17.6 Å². The van der Waals surface area contributed by atoms with E-state index in [1.165, 1.54) is 0 Å². The van der Waals surface area contributed by atoms with Gasteiger partial charge in [-0.15, -0.1) is 0 Å². The summed E-state index contributed by atoms with van der Waals surface area (Å²) in [6.07, 6.45) is 2.04. The van der Waals surface area contributed by atoms with E-state index in [0.717, 1.165) is 25.7 Å². The molecule has 1 unspecified atom stereocenters. The molecule has 1 N–H and O–H groups in total. The van der Waals surface area contributed by atoms with E-state index in [2.05, 4.69) is 19.6 Å². The lowest BCUT2D eigenvalue weighted by atomic mass is 10.3. The van der Waals surface area contributed by atoms with Crippen molar-refractivity contribution < 1.29 is 22.6 Å². The van der Waals surface area contributed by atoms with Gasteiger partial charge in [-0.3, -0.25) is 4.72 Å². The third-order valence-corrected chi connectivity index (χ3v) is 6.05. The molecule has 2 aromatic rings. The summed E-state index contributed by atoms with van der Waals surface area (Å²) >= 11 is 6.24. The molecule has 1 aliphatic rings. The van der Waals surface area contributed by atoms with Crippen LogP contribution in [0.25, 0.3) is 0 Å². The Morgan fingerprint density at radius 2 is 2.03 bits per heavy atom. The number of halogens is 1. The molecule has 11 heteroatoms. The number of aromatic nitrogens is 2. The first-order chi connectivity index (χ1) is 14.3. The Morgan fingerprint density at radius 3 is 2.70 bits per heavy atom. The first kappa shape index (κ1) is 22.4. The summed E-state index contributed by atoms with van der Waals surface area (Å²) in [4.78, 5) is 9.95. The van der Waals surface area contributed by atoms with Crippen molar-refractivity contribution >= 4 is 27.3 Å². The zero-order valence-electron chi connectivity index (χ0n) is 17.1. The van der Waals surface area contributed by atoms with Crippen molar-refractivity contribution in [2.45, 2.75) is 31.3 Å². The van der Waals surface area contributed by atoms with Crippen LogP contribution in [0.3, 0.4) is 0 Å². The third kappa shape index (κ3) is 5.44. The maximum Gasteiger partial charge on any atom is 0.319 e. The lowest BCUT2D eigenvalue weighted by Crippen LogP contribution is -2.21. The molecule has 0 amide bonds. The highest BCUT2D eigenvalue weighted by molar-refractivity contribution is 7.92. The Hall–Kier alpha value is -2.30. The number of benzene rings is 1. The van der Waals surface area contributed by atoms with Gasteiger partial charge in [0.1, 0.15) is 11.9 Å². The standard InChI is InChI=1S/C19H25ClN4O5S/c1-4-27-18-17(11-21-19(22-18)28-5-2)30(25,26)23-13-6-7-15(20)16(10-13)29-14-8-9-24(3)12-14/h6-7,10-11,14,23H,4-5,8-9,12H2,1-3H3. The predicted molar refractivity (Wildman–Crippen MR) is 113 cm³/mol. The van der Waals surface area contributed by atoms with Gasteiger partial charge in [0.05, 0.1) is 30.1 Å². The molecule has 0 spiro atoms. The summed E-state index contributed by atoms with van der Waals surface area (Å²) in [7, 11) is -2.01. The quantitative estimate of drug-likeness (QED) is 0.614. The summed E-state index contributed by atoms with van der Waals surface area (Å²) in [6, 6.07) is 4.76. The van der Waals surface area contributed by atoms with Crippen molar-refractivity contribution in [1.82, 2.24) is 14.9 Å². The molecule has 30 heavy (non-hydrogen) atoms. The highest BCUT2D eigenvalue weighted by Gasteiger charge is 2.25. The van der Waals surface area contributed by atoms with Crippen molar-refractivity contribution in [2.24, 2.45) is 0 Å². The summed E-state index contributed by atoms with van der Waals surface area (Å²) in [6.45, 7) is 5.81. The van der Waals surface area contributed by atoms with Crippen LogP contribution in [0.1, 0.15) is 20.3 Å². The molecular formula is C19H25ClN4O5S. The molecule has 1 atom stereocenters. The molecule has 0 bridgehead atoms. The normalized spacial score (nSPS) is 17.0. The van der Waals surface area contributed by atoms with E-state index >= 15 is 0 Å². The topological polar surface area (TPSA) is 103 Å². The SMILES string of the molecule is CCOc1ncc(S(=O)(=O)Nc2ccc(Cl)c(OC3CCN(C)C3)c2)c(OCC)n1. The van der Waals surface area contributed by atoms with Crippen molar-refractivity contribution in [3.8, 4) is 17.6 Å². The van der Waals surface area contributed by atoms with E-state index in [4.69, 9.17) is 25.8 Å². The van der Waals surface area contributed by atoms with Gasteiger partial charge in [-0.1, -0.05) is 11.6 Å². The number of rotatable bonds is 9. The second-order valence-electron chi connectivity index (χ2n) is 6.73. The van der Waals surface area contributed by atoms with Crippen LogP contribution >= 0.6 is 11.6 Å². The lowest BCUT2D eigenvalue weighted by Gasteiger charge is -2.17. The second-order valence-corrected chi connectivity index (χ2v) is 8.79. The Morgan fingerprint density at radius 1 is 1.27 bits per heavy atom. The van der Waals surface area contributed by atoms with Gasteiger partial charge in [0.2, 0.25) is 5.88 Å². The minimum Gasteiger partial charge on any atom is -0.487 e. The third-order valence-electron chi connectivity index (χ3n) is 4.37. The number of hydrogen-bond donors (Lipinski definition) is 1.